The molecule has 46 heavy (non-hydrogen) atoms. The highest BCUT2D eigenvalue weighted by Crippen LogP contribution is 2.33. The van der Waals surface area contributed by atoms with Crippen LogP contribution in [0.5, 0.6) is 0 Å². The van der Waals surface area contributed by atoms with Gasteiger partial charge in [0.25, 0.3) is 0 Å². The molecule has 1 aromatic carbocycles. The van der Waals surface area contributed by atoms with Crippen LogP contribution < -0.4 is 5.32 Å². The van der Waals surface area contributed by atoms with E-state index in [2.05, 4.69) is 61.7 Å². The summed E-state index contributed by atoms with van der Waals surface area (Å²) in [5.41, 5.74) is 4.17. The van der Waals surface area contributed by atoms with Gasteiger partial charge >= 0.3 is 6.18 Å². The Labute approximate surface area is 274 Å². The smallest absolute Gasteiger partial charge is 0.393 e. The number of halogens is 3. The molecule has 246 valence electrons. The van der Waals surface area contributed by atoms with E-state index in [1.54, 1.807) is 12.3 Å². The van der Waals surface area contributed by atoms with Gasteiger partial charge < -0.3 is 14.4 Å². The van der Waals surface area contributed by atoms with Crippen LogP contribution in [-0.4, -0.2) is 97.0 Å². The summed E-state index contributed by atoms with van der Waals surface area (Å²) in [7, 11) is 0. The molecule has 5 heterocycles. The van der Waals surface area contributed by atoms with E-state index >= 15 is 0 Å². The fourth-order valence-corrected chi connectivity index (χ4v) is 8.44. The van der Waals surface area contributed by atoms with Crippen molar-refractivity contribution >= 4 is 49.6 Å². The van der Waals surface area contributed by atoms with Crippen molar-refractivity contribution in [1.29, 1.82) is 5.26 Å². The average molecular weight is 673 g/mol. The second-order valence-electron chi connectivity index (χ2n) is 12.4. The maximum atomic E-state index is 12.9. The van der Waals surface area contributed by atoms with Crippen molar-refractivity contribution in [1.82, 2.24) is 28.6 Å². The summed E-state index contributed by atoms with van der Waals surface area (Å²) in [5, 5.41) is 15.2. The van der Waals surface area contributed by atoms with Crippen LogP contribution in [0.2, 0.25) is 0 Å². The number of alkyl halides is 3. The molecule has 6 rings (SSSR count). The summed E-state index contributed by atoms with van der Waals surface area (Å²) in [6.45, 7) is 10.9. The van der Waals surface area contributed by atoms with Gasteiger partial charge in [0.05, 0.1) is 24.9 Å². The van der Waals surface area contributed by atoms with E-state index in [1.165, 1.54) is 17.5 Å². The number of aryl methyl sites for hydroxylation is 1. The van der Waals surface area contributed by atoms with Crippen LogP contribution in [-0.2, 0) is 30.9 Å². The van der Waals surface area contributed by atoms with Gasteiger partial charge in [0.15, 0.2) is 0 Å². The minimum Gasteiger partial charge on any atom is -0.598 e. The third-order valence-electron chi connectivity index (χ3n) is 9.37. The van der Waals surface area contributed by atoms with Crippen molar-refractivity contribution < 1.29 is 17.7 Å². The lowest BCUT2D eigenvalue weighted by Crippen LogP contribution is -2.51. The molecule has 9 nitrogen and oxygen atoms in total. The number of anilines is 1. The molecule has 2 saturated heterocycles. The molecule has 0 bridgehead atoms. The zero-order valence-electron chi connectivity index (χ0n) is 26.3. The first-order valence-electron chi connectivity index (χ1n) is 15.6. The number of aromatic nitrogens is 3. The van der Waals surface area contributed by atoms with Crippen LogP contribution in [0.25, 0.3) is 21.1 Å². The number of nitriles is 1. The first kappa shape index (κ1) is 33.0. The molecule has 0 saturated carbocycles. The van der Waals surface area contributed by atoms with E-state index in [0.29, 0.717) is 28.3 Å². The number of nitrogens with zero attached hydrogens (tertiary/aromatic N) is 7. The summed E-state index contributed by atoms with van der Waals surface area (Å²) >= 11 is 0.124. The third kappa shape index (κ3) is 7.30. The first-order valence-corrected chi connectivity index (χ1v) is 18.0. The molecule has 0 spiro atoms. The fraction of sp³-hybridized carbons (Fsp3) is 0.531. The lowest BCUT2D eigenvalue weighted by Gasteiger charge is -2.37. The molecule has 0 aliphatic carbocycles. The Morgan fingerprint density at radius 3 is 2.52 bits per heavy atom. The number of likely N-dealkylation sites (tertiary alicyclic amines) is 1. The molecule has 14 heteroatoms. The molecule has 2 aliphatic heterocycles. The van der Waals surface area contributed by atoms with Gasteiger partial charge in [-0.15, -0.1) is 15.6 Å². The van der Waals surface area contributed by atoms with Gasteiger partial charge in [0, 0.05) is 78.5 Å². The molecule has 2 atom stereocenters. The van der Waals surface area contributed by atoms with Gasteiger partial charge in [0.2, 0.25) is 0 Å². The van der Waals surface area contributed by atoms with Crippen LogP contribution in [0.3, 0.4) is 0 Å². The normalized spacial score (nSPS) is 19.1. The standard InChI is InChI=1S/C32H39F3N8OS2/c1-21(41-10-12-42(13-11-41)46(3)44)18-43-25(17-36)14-27-22(2)23(4-5-29(27)43)19-40-8-6-24(7-9-40)39-30-28-15-26(16-32(33,34)35)45-31(28)38-20-37-30/h4-5,14-15,20-21,24H,6-13,16,18-19H2,1-3H3,(H,37,38,39). The predicted molar refractivity (Wildman–Crippen MR) is 177 cm³/mol. The van der Waals surface area contributed by atoms with E-state index in [4.69, 9.17) is 0 Å². The highest BCUT2D eigenvalue weighted by Gasteiger charge is 2.30. The zero-order chi connectivity index (χ0) is 32.6. The Balaban J connectivity index is 1.08. The topological polar surface area (TPSA) is 99.3 Å². The largest absolute Gasteiger partial charge is 0.598 e. The number of nitrogens with one attached hydrogen (secondary N) is 1. The van der Waals surface area contributed by atoms with Crippen LogP contribution in [0.1, 0.15) is 41.5 Å². The van der Waals surface area contributed by atoms with E-state index < -0.39 is 24.0 Å². The van der Waals surface area contributed by atoms with Crippen molar-refractivity contribution in [2.45, 2.75) is 64.5 Å². The Morgan fingerprint density at radius 2 is 1.85 bits per heavy atom. The fourth-order valence-electron chi connectivity index (χ4n) is 6.74. The maximum Gasteiger partial charge on any atom is 0.393 e. The van der Waals surface area contributed by atoms with Gasteiger partial charge in [-0.05, 0) is 56.0 Å². The zero-order valence-corrected chi connectivity index (χ0v) is 27.9. The first-order chi connectivity index (χ1) is 22.0. The van der Waals surface area contributed by atoms with Gasteiger partial charge in [-0.1, -0.05) is 6.07 Å². The van der Waals surface area contributed by atoms with E-state index in [-0.39, 0.29) is 17.0 Å². The van der Waals surface area contributed by atoms with Gasteiger partial charge in [-0.3, -0.25) is 9.80 Å². The highest BCUT2D eigenvalue weighted by molar-refractivity contribution is 7.88. The number of rotatable bonds is 9. The van der Waals surface area contributed by atoms with Gasteiger partial charge in [-0.2, -0.15) is 18.4 Å². The Bertz CT molecular complexity index is 1720. The number of benzene rings is 1. The quantitative estimate of drug-likeness (QED) is 0.239. The minimum absolute atomic E-state index is 0.171. The average Bonchev–Trinajstić information content (AvgIpc) is 3.60. The lowest BCUT2D eigenvalue weighted by atomic mass is 10.0. The van der Waals surface area contributed by atoms with E-state index in [0.717, 1.165) is 80.9 Å². The third-order valence-corrected chi connectivity index (χ3v) is 11.5. The van der Waals surface area contributed by atoms with Crippen LogP contribution >= 0.6 is 11.3 Å². The molecule has 2 unspecified atom stereocenters. The van der Waals surface area contributed by atoms with Crippen molar-refractivity contribution in [2.75, 3.05) is 50.8 Å². The lowest BCUT2D eigenvalue weighted by molar-refractivity contribution is -0.126. The number of hydrogen-bond donors (Lipinski definition) is 1. The van der Waals surface area contributed by atoms with Crippen molar-refractivity contribution in [3.63, 3.8) is 0 Å². The van der Waals surface area contributed by atoms with Gasteiger partial charge in [0.1, 0.15) is 35.0 Å². The van der Waals surface area contributed by atoms with Crippen LogP contribution in [0.4, 0.5) is 19.0 Å². The van der Waals surface area contributed by atoms with E-state index in [9.17, 15) is 23.0 Å². The maximum absolute atomic E-state index is 12.9. The molecule has 2 aliphatic rings. The number of piperazine rings is 1. The summed E-state index contributed by atoms with van der Waals surface area (Å²) in [6, 6.07) is 10.7. The van der Waals surface area contributed by atoms with Gasteiger partial charge in [-0.25, -0.2) is 9.97 Å². The Morgan fingerprint density at radius 1 is 1.11 bits per heavy atom. The number of thiophene rings is 1. The Hall–Kier alpha value is -2.93. The number of hydrogen-bond acceptors (Lipinski definition) is 9. The summed E-state index contributed by atoms with van der Waals surface area (Å²) in [5.74, 6) is 0.598. The molecule has 3 aromatic heterocycles. The minimum atomic E-state index is -4.26. The SMILES string of the molecule is Cc1c(CN2CCC(Nc3ncnc4sc(CC(F)(F)F)cc34)CC2)ccc2c1cc(C#N)n2CC(C)N1CCN([S+](C)[O-])CC1. The summed E-state index contributed by atoms with van der Waals surface area (Å²) in [4.78, 5) is 14.2. The molecule has 4 aromatic rings. The monoisotopic (exact) mass is 672 g/mol. The second kappa shape index (κ2) is 13.7. The molecule has 2 fully saturated rings. The molecular formula is C32H39F3N8OS2. The van der Waals surface area contributed by atoms with Crippen LogP contribution in [0, 0.1) is 18.3 Å². The summed E-state index contributed by atoms with van der Waals surface area (Å²) < 4.78 is 54.8. The van der Waals surface area contributed by atoms with Crippen LogP contribution in [0.15, 0.2) is 30.6 Å². The second-order valence-corrected chi connectivity index (χ2v) is 14.9. The predicted octanol–water partition coefficient (Wildman–Crippen LogP) is 5.31. The molecular weight excluding hydrogens is 634 g/mol. The number of fused-ring (bicyclic) bond motifs is 2. The highest BCUT2D eigenvalue weighted by atomic mass is 32.2. The molecule has 0 radical (unpaired) electrons. The van der Waals surface area contributed by atoms with Crippen molar-refractivity contribution in [3.05, 3.63) is 52.3 Å². The van der Waals surface area contributed by atoms with Crippen molar-refractivity contribution in [2.24, 2.45) is 0 Å². The van der Waals surface area contributed by atoms with Crippen molar-refractivity contribution in [3.8, 4) is 6.07 Å². The molecule has 1 N–H and O–H groups in total. The number of piperidine rings is 1. The summed E-state index contributed by atoms with van der Waals surface area (Å²) in [6.07, 6.45) is -0.291. The van der Waals surface area contributed by atoms with E-state index in [1.807, 2.05) is 10.4 Å². The Kier molecular flexibility index (Phi) is 9.80. The molecule has 0 amide bonds.